The van der Waals surface area contributed by atoms with Crippen LogP contribution in [-0.4, -0.2) is 39.8 Å². The van der Waals surface area contributed by atoms with E-state index in [2.05, 4.69) is 36.3 Å². The number of hydrazone groups is 1. The predicted octanol–water partition coefficient (Wildman–Crippen LogP) is 2.36. The van der Waals surface area contributed by atoms with Crippen LogP contribution in [0.5, 0.6) is 0 Å². The number of amides is 2. The minimum atomic E-state index is -0.337. The Morgan fingerprint density at radius 1 is 1.13 bits per heavy atom. The molecule has 5 N–H and O–H groups in total. The molecule has 0 saturated heterocycles. The van der Waals surface area contributed by atoms with Crippen LogP contribution in [0, 0.1) is 0 Å². The third-order valence-electron chi connectivity index (χ3n) is 5.07. The summed E-state index contributed by atoms with van der Waals surface area (Å²) in [6.45, 7) is 0.736. The zero-order valence-electron chi connectivity index (χ0n) is 16.4. The van der Waals surface area contributed by atoms with Crippen molar-refractivity contribution in [2.75, 3.05) is 11.9 Å². The Morgan fingerprint density at radius 3 is 2.81 bits per heavy atom. The number of benzene rings is 2. The summed E-state index contributed by atoms with van der Waals surface area (Å²) in [6, 6.07) is 13.3. The standard InChI is InChI=1S/C22H19N7O2/c30-19(12-23-8-13-4-2-1-3-5-13)27-15-6-16-20-17(11-26-29-22(16)31)21(28-18(20)7-15)14-9-24-25-10-14/h1-7,9-11,23,28H,8,12H2,(H,24,25)(H,27,30)(H,29,31). The lowest BCUT2D eigenvalue weighted by atomic mass is 10.0. The predicted molar refractivity (Wildman–Crippen MR) is 118 cm³/mol. The van der Waals surface area contributed by atoms with Crippen molar-refractivity contribution in [2.45, 2.75) is 6.54 Å². The summed E-state index contributed by atoms with van der Waals surface area (Å²) in [5.41, 5.74) is 7.71. The molecule has 2 aromatic heterocycles. The van der Waals surface area contributed by atoms with E-state index in [1.165, 1.54) is 0 Å². The molecule has 9 heteroatoms. The normalized spacial score (nSPS) is 12.6. The van der Waals surface area contributed by atoms with E-state index in [1.807, 2.05) is 36.4 Å². The van der Waals surface area contributed by atoms with Crippen LogP contribution in [0.15, 0.2) is 60.0 Å². The second-order valence-electron chi connectivity index (χ2n) is 7.18. The first-order chi connectivity index (χ1) is 15.2. The van der Waals surface area contributed by atoms with Crippen LogP contribution < -0.4 is 16.1 Å². The van der Waals surface area contributed by atoms with Gasteiger partial charge in [-0.3, -0.25) is 14.7 Å². The topological polar surface area (TPSA) is 127 Å². The SMILES string of the molecule is O=C(CNCc1ccccc1)Nc1cc2c3c(c(-c4cn[nH]c4)[nH]c3c1)C=NNC2=O. The Morgan fingerprint density at radius 2 is 2.00 bits per heavy atom. The molecule has 2 aromatic carbocycles. The van der Waals surface area contributed by atoms with Crippen molar-refractivity contribution in [1.29, 1.82) is 0 Å². The van der Waals surface area contributed by atoms with E-state index in [9.17, 15) is 9.59 Å². The van der Waals surface area contributed by atoms with Crippen molar-refractivity contribution >= 4 is 34.6 Å². The first-order valence-corrected chi connectivity index (χ1v) is 9.76. The van der Waals surface area contributed by atoms with E-state index in [0.29, 0.717) is 17.8 Å². The van der Waals surface area contributed by atoms with Gasteiger partial charge >= 0.3 is 0 Å². The molecule has 0 saturated carbocycles. The number of rotatable bonds is 6. The van der Waals surface area contributed by atoms with E-state index in [4.69, 9.17) is 0 Å². The van der Waals surface area contributed by atoms with Gasteiger partial charge < -0.3 is 15.6 Å². The minimum absolute atomic E-state index is 0.147. The van der Waals surface area contributed by atoms with Gasteiger partial charge in [0.05, 0.1) is 30.2 Å². The van der Waals surface area contributed by atoms with Crippen LogP contribution in [0.4, 0.5) is 5.69 Å². The van der Waals surface area contributed by atoms with Crippen LogP contribution in [0.25, 0.3) is 22.2 Å². The van der Waals surface area contributed by atoms with Gasteiger partial charge in [0.2, 0.25) is 5.91 Å². The fourth-order valence-electron chi connectivity index (χ4n) is 3.69. The average molecular weight is 413 g/mol. The Balaban J connectivity index is 1.41. The van der Waals surface area contributed by atoms with E-state index >= 15 is 0 Å². The van der Waals surface area contributed by atoms with Crippen molar-refractivity contribution in [3.05, 3.63) is 71.5 Å². The maximum absolute atomic E-state index is 12.6. The molecule has 1 aliphatic rings. The first kappa shape index (κ1) is 18.8. The van der Waals surface area contributed by atoms with Gasteiger partial charge in [-0.05, 0) is 17.7 Å². The zero-order chi connectivity index (χ0) is 21.2. The van der Waals surface area contributed by atoms with E-state index in [-0.39, 0.29) is 18.4 Å². The zero-order valence-corrected chi connectivity index (χ0v) is 16.4. The number of hydrogen-bond donors (Lipinski definition) is 5. The summed E-state index contributed by atoms with van der Waals surface area (Å²) in [4.78, 5) is 28.3. The summed E-state index contributed by atoms with van der Waals surface area (Å²) < 4.78 is 0. The Kier molecular flexibility index (Phi) is 4.77. The van der Waals surface area contributed by atoms with Gasteiger partial charge in [-0.15, -0.1) is 0 Å². The summed E-state index contributed by atoms with van der Waals surface area (Å²) in [7, 11) is 0. The molecular formula is C22H19N7O2. The molecule has 0 fully saturated rings. The lowest BCUT2D eigenvalue weighted by Crippen LogP contribution is -2.27. The summed E-state index contributed by atoms with van der Waals surface area (Å²) in [6.07, 6.45) is 5.06. The lowest BCUT2D eigenvalue weighted by Gasteiger charge is -2.09. The van der Waals surface area contributed by atoms with E-state index < -0.39 is 0 Å². The highest BCUT2D eigenvalue weighted by molar-refractivity contribution is 6.18. The van der Waals surface area contributed by atoms with Gasteiger partial charge in [-0.2, -0.15) is 10.2 Å². The van der Waals surface area contributed by atoms with Crippen LogP contribution >= 0.6 is 0 Å². The third-order valence-corrected chi connectivity index (χ3v) is 5.07. The van der Waals surface area contributed by atoms with Crippen LogP contribution in [-0.2, 0) is 11.3 Å². The Labute approximate surface area is 176 Å². The van der Waals surface area contributed by atoms with E-state index in [1.54, 1.807) is 24.7 Å². The monoisotopic (exact) mass is 413 g/mol. The third kappa shape index (κ3) is 3.69. The van der Waals surface area contributed by atoms with Crippen molar-refractivity contribution in [2.24, 2.45) is 5.10 Å². The maximum atomic E-state index is 12.6. The van der Waals surface area contributed by atoms with Crippen LogP contribution in [0.2, 0.25) is 0 Å². The Hall–Kier alpha value is -4.24. The van der Waals surface area contributed by atoms with Crippen molar-refractivity contribution in [3.63, 3.8) is 0 Å². The number of nitrogens with one attached hydrogen (secondary N) is 5. The van der Waals surface area contributed by atoms with Gasteiger partial charge in [-0.25, -0.2) is 5.43 Å². The highest BCUT2D eigenvalue weighted by Gasteiger charge is 2.22. The smallest absolute Gasteiger partial charge is 0.272 e. The summed E-state index contributed by atoms with van der Waals surface area (Å²) >= 11 is 0. The van der Waals surface area contributed by atoms with E-state index in [0.717, 1.165) is 33.3 Å². The molecule has 0 atom stereocenters. The van der Waals surface area contributed by atoms with Gasteiger partial charge in [0.15, 0.2) is 0 Å². The summed E-state index contributed by atoms with van der Waals surface area (Å²) in [5.74, 6) is -0.536. The molecule has 2 amide bonds. The molecule has 4 aromatic rings. The average Bonchev–Trinajstić information content (AvgIpc) is 3.38. The molecule has 0 spiro atoms. The fraction of sp³-hybridized carbons (Fsp3) is 0.0909. The van der Waals surface area contributed by atoms with Crippen molar-refractivity contribution in [1.82, 2.24) is 25.9 Å². The second kappa shape index (κ2) is 7.88. The minimum Gasteiger partial charge on any atom is -0.354 e. The number of hydrogen-bond acceptors (Lipinski definition) is 5. The van der Waals surface area contributed by atoms with Gasteiger partial charge in [-0.1, -0.05) is 30.3 Å². The van der Waals surface area contributed by atoms with Crippen LogP contribution in [0.3, 0.4) is 0 Å². The van der Waals surface area contributed by atoms with Gasteiger partial charge in [0.1, 0.15) is 0 Å². The molecule has 31 heavy (non-hydrogen) atoms. The number of carbonyl (C=O) groups excluding carboxylic acids is 2. The molecule has 3 heterocycles. The highest BCUT2D eigenvalue weighted by Crippen LogP contribution is 2.34. The van der Waals surface area contributed by atoms with Crippen LogP contribution in [0.1, 0.15) is 21.5 Å². The quantitative estimate of drug-likeness (QED) is 0.332. The highest BCUT2D eigenvalue weighted by atomic mass is 16.2. The maximum Gasteiger partial charge on any atom is 0.272 e. The number of aromatic nitrogens is 3. The Bertz CT molecular complexity index is 1290. The number of nitrogens with zero attached hydrogens (tertiary/aromatic N) is 2. The molecule has 1 aliphatic heterocycles. The molecular weight excluding hydrogens is 394 g/mol. The molecule has 0 aliphatic carbocycles. The number of carbonyl (C=O) groups is 2. The first-order valence-electron chi connectivity index (χ1n) is 9.76. The number of H-pyrrole nitrogens is 2. The van der Waals surface area contributed by atoms with Crippen molar-refractivity contribution < 1.29 is 9.59 Å². The fourth-order valence-corrected chi connectivity index (χ4v) is 3.69. The molecule has 5 rings (SSSR count). The molecule has 0 bridgehead atoms. The summed E-state index contributed by atoms with van der Waals surface area (Å²) in [5, 5.41) is 17.5. The number of aromatic amines is 2. The van der Waals surface area contributed by atoms with Crippen molar-refractivity contribution in [3.8, 4) is 11.3 Å². The molecule has 154 valence electrons. The number of anilines is 1. The van der Waals surface area contributed by atoms with Gasteiger partial charge in [0, 0.05) is 40.5 Å². The largest absolute Gasteiger partial charge is 0.354 e. The lowest BCUT2D eigenvalue weighted by molar-refractivity contribution is -0.115. The molecule has 9 nitrogen and oxygen atoms in total. The molecule has 0 radical (unpaired) electrons. The van der Waals surface area contributed by atoms with Gasteiger partial charge in [0.25, 0.3) is 5.91 Å². The molecule has 0 unspecified atom stereocenters. The second-order valence-corrected chi connectivity index (χ2v) is 7.18.